The molecular formula is C40H72N6O18S2. The molecule has 0 aliphatic carbocycles. The molecule has 26 heteroatoms. The second kappa shape index (κ2) is 26.1. The molecule has 0 spiro atoms. The first kappa shape index (κ1) is 53.9. The van der Waals surface area contributed by atoms with Crippen LogP contribution in [0.2, 0.25) is 0 Å². The van der Waals surface area contributed by atoms with Crippen LogP contribution in [0.15, 0.2) is 0 Å². The molecule has 0 aromatic carbocycles. The maximum Gasteiger partial charge on any atom is 0.186 e. The van der Waals surface area contributed by atoms with Crippen molar-refractivity contribution in [3.05, 3.63) is 0 Å². The van der Waals surface area contributed by atoms with Crippen LogP contribution >= 0.6 is 24.4 Å². The lowest BCUT2D eigenvalue weighted by Gasteiger charge is -2.47. The van der Waals surface area contributed by atoms with Crippen molar-refractivity contribution >= 4 is 34.7 Å². The second-order valence-corrected chi connectivity index (χ2v) is 18.4. The lowest BCUT2D eigenvalue weighted by Crippen LogP contribution is -2.64. The van der Waals surface area contributed by atoms with E-state index in [1.165, 1.54) is 0 Å². The summed E-state index contributed by atoms with van der Waals surface area (Å²) >= 11 is 11.1. The summed E-state index contributed by atoms with van der Waals surface area (Å²) in [6.07, 6.45) is -19.8. The van der Waals surface area contributed by atoms with Crippen molar-refractivity contribution in [3.63, 3.8) is 0 Å². The van der Waals surface area contributed by atoms with E-state index in [4.69, 9.17) is 68.1 Å². The first-order valence-corrected chi connectivity index (χ1v) is 23.9. The van der Waals surface area contributed by atoms with Gasteiger partial charge < -0.3 is 116 Å². The van der Waals surface area contributed by atoms with Crippen LogP contribution in [0.5, 0.6) is 0 Å². The summed E-state index contributed by atoms with van der Waals surface area (Å²) in [5, 5.41) is 121. The van der Waals surface area contributed by atoms with E-state index in [-0.39, 0.29) is 26.3 Å². The van der Waals surface area contributed by atoms with E-state index in [0.29, 0.717) is 88.0 Å². The number of hydrogen-bond acceptors (Lipinski definition) is 22. The normalized spacial score (nSPS) is 42.4. The number of hydrogen-bond donors (Lipinski definition) is 15. The van der Waals surface area contributed by atoms with E-state index in [1.807, 2.05) is 0 Å². The van der Waals surface area contributed by atoms with Crippen LogP contribution in [0.1, 0.15) is 38.5 Å². The van der Waals surface area contributed by atoms with E-state index >= 15 is 0 Å². The van der Waals surface area contributed by atoms with Gasteiger partial charge in [0, 0.05) is 77.4 Å². The highest BCUT2D eigenvalue weighted by Gasteiger charge is 2.53. The number of nitrogens with zero attached hydrogens (tertiary/aromatic N) is 1. The molecule has 0 aromatic heterocycles. The van der Waals surface area contributed by atoms with Gasteiger partial charge in [-0.2, -0.15) is 0 Å². The fraction of sp³-hybridized carbons (Fsp3) is 0.950. The predicted molar refractivity (Wildman–Crippen MR) is 236 cm³/mol. The molecule has 0 radical (unpaired) electrons. The topological polar surface area (TPSA) is 354 Å². The van der Waals surface area contributed by atoms with Crippen LogP contribution in [0.4, 0.5) is 0 Å². The molecule has 12 aliphatic heterocycles. The van der Waals surface area contributed by atoms with E-state index in [0.717, 1.165) is 0 Å². The monoisotopic (exact) mass is 988 g/mol. The number of nitrogens with one attached hydrogen (secondary N) is 4. The summed E-state index contributed by atoms with van der Waals surface area (Å²) in [6, 6.07) is 0. The van der Waals surface area contributed by atoms with Crippen molar-refractivity contribution in [2.24, 2.45) is 17.6 Å². The third-order valence-corrected chi connectivity index (χ3v) is 13.7. The molecule has 382 valence electrons. The minimum absolute atomic E-state index is 0.136. The lowest BCUT2D eigenvalue weighted by molar-refractivity contribution is -0.355. The van der Waals surface area contributed by atoms with E-state index in [2.05, 4.69) is 26.2 Å². The van der Waals surface area contributed by atoms with Gasteiger partial charge in [0.25, 0.3) is 0 Å². The predicted octanol–water partition coefficient (Wildman–Crippen LogP) is -6.65. The number of thiocarbonyl (C=S) groups is 2. The molecule has 8 bridgehead atoms. The van der Waals surface area contributed by atoms with Gasteiger partial charge in [-0.15, -0.1) is 0 Å². The molecular weight excluding hydrogens is 917 g/mol. The van der Waals surface area contributed by atoms with Crippen LogP contribution in [0.3, 0.4) is 0 Å². The van der Waals surface area contributed by atoms with Gasteiger partial charge in [0.1, 0.15) is 61.0 Å². The van der Waals surface area contributed by atoms with Crippen LogP contribution in [-0.4, -0.2) is 256 Å². The Kier molecular flexibility index (Phi) is 21.4. The largest absolute Gasteiger partial charge is 0.394 e. The Hall–Kier alpha value is -1.42. The lowest BCUT2D eigenvalue weighted by atomic mass is 9.84. The van der Waals surface area contributed by atoms with E-state index in [9.17, 15) is 51.1 Å². The first-order chi connectivity index (χ1) is 31.8. The summed E-state index contributed by atoms with van der Waals surface area (Å²) in [7, 11) is 0. The summed E-state index contributed by atoms with van der Waals surface area (Å²) in [5.41, 5.74) is 5.92. The Morgan fingerprint density at radius 2 is 0.879 bits per heavy atom. The molecule has 16 N–H and O–H groups in total. The Balaban J connectivity index is 0.953. The van der Waals surface area contributed by atoms with Crippen molar-refractivity contribution in [1.29, 1.82) is 0 Å². The Bertz CT molecular complexity index is 1390. The first-order valence-electron chi connectivity index (χ1n) is 23.0. The van der Waals surface area contributed by atoms with Gasteiger partial charge in [-0.25, -0.2) is 0 Å². The molecule has 20 unspecified atom stereocenters. The summed E-state index contributed by atoms with van der Waals surface area (Å²) in [5.74, 6) is -1.02. The molecule has 20 atom stereocenters. The molecule has 0 saturated carbocycles. The molecule has 0 aromatic rings. The van der Waals surface area contributed by atoms with Crippen molar-refractivity contribution in [2.75, 3.05) is 78.8 Å². The maximum atomic E-state index is 11.2. The Labute approximate surface area is 394 Å². The van der Waals surface area contributed by atoms with Gasteiger partial charge >= 0.3 is 0 Å². The van der Waals surface area contributed by atoms with Crippen molar-refractivity contribution in [3.8, 4) is 0 Å². The highest BCUT2D eigenvalue weighted by molar-refractivity contribution is 7.80. The maximum absolute atomic E-state index is 11.2. The van der Waals surface area contributed by atoms with Crippen LogP contribution in [0.25, 0.3) is 0 Å². The van der Waals surface area contributed by atoms with Gasteiger partial charge in [0.15, 0.2) is 35.4 Å². The van der Waals surface area contributed by atoms with Gasteiger partial charge in [0.05, 0.1) is 37.6 Å². The fourth-order valence-electron chi connectivity index (χ4n) is 9.39. The van der Waals surface area contributed by atoms with Crippen molar-refractivity contribution in [1.82, 2.24) is 26.2 Å². The average molecular weight is 989 g/mol. The number of aliphatic hydroxyl groups is 10. The SMILES string of the molecule is NCCN(CCNC(=S)NCC1OC2OC3C(CO)OC(OCCCCC1C(O)C2O)C(O)C3O)CCNC(=S)NCC1OC2OC3C(CO)OC(OCCCCC1C(O)C2O)C(O)C3O. The second-order valence-electron chi connectivity index (χ2n) is 17.6. The molecule has 12 fully saturated rings. The molecule has 0 amide bonds. The molecule has 12 rings (SSSR count). The van der Waals surface area contributed by atoms with E-state index in [1.54, 1.807) is 0 Å². The van der Waals surface area contributed by atoms with Crippen molar-refractivity contribution < 1.29 is 89.0 Å². The minimum atomic E-state index is -1.54. The van der Waals surface area contributed by atoms with Gasteiger partial charge in [-0.1, -0.05) is 12.8 Å². The zero-order valence-corrected chi connectivity index (χ0v) is 38.5. The van der Waals surface area contributed by atoms with Gasteiger partial charge in [-0.3, -0.25) is 4.90 Å². The molecule has 12 saturated heterocycles. The van der Waals surface area contributed by atoms with Crippen molar-refractivity contribution in [2.45, 2.75) is 149 Å². The summed E-state index contributed by atoms with van der Waals surface area (Å²) < 4.78 is 46.8. The molecule has 66 heavy (non-hydrogen) atoms. The Morgan fingerprint density at radius 1 is 0.485 bits per heavy atom. The summed E-state index contributed by atoms with van der Waals surface area (Å²) in [6.45, 7) is 2.44. The van der Waals surface area contributed by atoms with E-state index < -0.39 is 136 Å². The van der Waals surface area contributed by atoms with Crippen LogP contribution in [-0.2, 0) is 37.9 Å². The zero-order chi connectivity index (χ0) is 47.5. The highest BCUT2D eigenvalue weighted by atomic mass is 32.1. The summed E-state index contributed by atoms with van der Waals surface area (Å²) in [4.78, 5) is 2.10. The number of aliphatic hydroxyl groups excluding tert-OH is 10. The zero-order valence-electron chi connectivity index (χ0n) is 36.9. The highest BCUT2D eigenvalue weighted by Crippen LogP contribution is 2.36. The Morgan fingerprint density at radius 3 is 1.27 bits per heavy atom. The average Bonchev–Trinajstić information content (AvgIpc) is 3.30. The quantitative estimate of drug-likeness (QED) is 0.0720. The fourth-order valence-corrected chi connectivity index (χ4v) is 9.76. The molecule has 12 aliphatic rings. The standard InChI is InChI=1S/C40H72N6O18S2/c41-7-10-46(11-8-42-39(65)44-15-21-19-5-1-3-13-57-35-31(55)27(51)33(23(17-47)61-35)63-37(59-21)29(53)25(19)49)12-9-43-40(66)45-16-22-20-6-2-4-14-58-36-32(56)28(52)34(24(18-48)62-36)64-38(60-22)30(54)26(20)50/h19-38,47-56H,1-18,41H2,(H2,42,44,65)(H2,43,45,66). The third-order valence-electron chi connectivity index (χ3n) is 13.2. The molecule has 12 heterocycles. The number of nitrogens with two attached hydrogens (primary N) is 1. The van der Waals surface area contributed by atoms with Gasteiger partial charge in [0.2, 0.25) is 0 Å². The number of rotatable bonds is 14. The minimum Gasteiger partial charge on any atom is -0.394 e. The molecule has 24 nitrogen and oxygen atoms in total. The van der Waals surface area contributed by atoms with Crippen LogP contribution < -0.4 is 27.0 Å². The third kappa shape index (κ3) is 13.7. The van der Waals surface area contributed by atoms with Gasteiger partial charge in [-0.05, 0) is 50.1 Å². The number of ether oxygens (including phenoxy) is 8. The van der Waals surface area contributed by atoms with Crippen LogP contribution in [0, 0.1) is 11.8 Å². The smallest absolute Gasteiger partial charge is 0.186 e.